The van der Waals surface area contributed by atoms with Crippen molar-refractivity contribution in [3.63, 3.8) is 0 Å². The molecule has 2 heterocycles. The molecule has 0 saturated carbocycles. The second-order valence-electron chi connectivity index (χ2n) is 24.6. The van der Waals surface area contributed by atoms with Crippen LogP contribution in [-0.2, 0) is 54.7 Å². The molecule has 0 radical (unpaired) electrons. The third-order valence-electron chi connectivity index (χ3n) is 16.8. The summed E-state index contributed by atoms with van der Waals surface area (Å²) in [6, 6.07) is 31.0. The molecule has 0 spiro atoms. The van der Waals surface area contributed by atoms with Crippen LogP contribution in [0.1, 0.15) is 137 Å². The third-order valence-corrected chi connectivity index (χ3v) is 16.8. The van der Waals surface area contributed by atoms with E-state index in [4.69, 9.17) is 0 Å². The van der Waals surface area contributed by atoms with Gasteiger partial charge >= 0.3 is 0 Å². The van der Waals surface area contributed by atoms with Crippen molar-refractivity contribution in [3.8, 4) is 0 Å². The monoisotopic (exact) mass is 1100 g/mol. The van der Waals surface area contributed by atoms with E-state index in [0.29, 0.717) is 5.56 Å². The summed E-state index contributed by atoms with van der Waals surface area (Å²) >= 11 is 0. The van der Waals surface area contributed by atoms with E-state index in [1.807, 2.05) is 139 Å². The molecule has 8 rings (SSSR count). The highest BCUT2D eigenvalue weighted by molar-refractivity contribution is 5.97. The molecule has 1 aliphatic carbocycles. The zero-order valence-corrected chi connectivity index (χ0v) is 49.0. The summed E-state index contributed by atoms with van der Waals surface area (Å²) in [7, 11) is 3.36. The molecular formula is C65H83N9O7. The van der Waals surface area contributed by atoms with Gasteiger partial charge in [0, 0.05) is 37.7 Å². The van der Waals surface area contributed by atoms with Gasteiger partial charge in [0.15, 0.2) is 0 Å². The molecule has 0 aromatic heterocycles. The Hall–Kier alpha value is -7.43. The summed E-state index contributed by atoms with van der Waals surface area (Å²) in [6.45, 7) is 17.1. The Balaban J connectivity index is 1.07. The number of amides is 7. The lowest BCUT2D eigenvalue weighted by atomic mass is 9.84. The van der Waals surface area contributed by atoms with Gasteiger partial charge in [0.25, 0.3) is 5.91 Å². The number of aryl methyl sites for hydroxylation is 1. The predicted octanol–water partition coefficient (Wildman–Crippen LogP) is 7.05. The number of carbonyl (C=O) groups is 7. The highest BCUT2D eigenvalue weighted by atomic mass is 16.2. The van der Waals surface area contributed by atoms with Gasteiger partial charge in [-0.2, -0.15) is 0 Å². The predicted molar refractivity (Wildman–Crippen MR) is 315 cm³/mol. The first-order valence-electron chi connectivity index (χ1n) is 28.7. The molecule has 6 N–H and O–H groups in total. The van der Waals surface area contributed by atoms with Gasteiger partial charge < -0.3 is 46.6 Å². The van der Waals surface area contributed by atoms with E-state index in [9.17, 15) is 24.0 Å². The molecule has 7 amide bonds. The van der Waals surface area contributed by atoms with E-state index in [1.54, 1.807) is 49.9 Å². The van der Waals surface area contributed by atoms with Crippen LogP contribution in [0, 0.1) is 10.8 Å². The average Bonchev–Trinajstić information content (AvgIpc) is 3.93. The van der Waals surface area contributed by atoms with Crippen molar-refractivity contribution in [3.05, 3.63) is 154 Å². The first kappa shape index (κ1) is 59.7. The van der Waals surface area contributed by atoms with E-state index in [0.717, 1.165) is 57.9 Å². The topological polar surface area (TPSA) is 201 Å². The maximum absolute atomic E-state index is 15.7. The Bertz CT molecular complexity index is 3130. The Labute approximate surface area is 477 Å². The molecule has 16 heteroatoms. The summed E-state index contributed by atoms with van der Waals surface area (Å²) in [5.41, 5.74) is 4.68. The molecule has 81 heavy (non-hydrogen) atoms. The highest BCUT2D eigenvalue weighted by Crippen LogP contribution is 2.35. The number of fused-ring (bicyclic) bond motifs is 3. The van der Waals surface area contributed by atoms with Crippen molar-refractivity contribution in [2.75, 3.05) is 20.6 Å². The lowest BCUT2D eigenvalue weighted by molar-refractivity contribution is -0.152. The van der Waals surface area contributed by atoms with Crippen LogP contribution >= 0.6 is 0 Å². The number of benzene rings is 5. The van der Waals surface area contributed by atoms with Gasteiger partial charge in [-0.1, -0.05) is 139 Å². The van der Waals surface area contributed by atoms with E-state index in [2.05, 4.69) is 44.0 Å². The van der Waals surface area contributed by atoms with Gasteiger partial charge in [0.05, 0.1) is 24.2 Å². The van der Waals surface area contributed by atoms with Crippen molar-refractivity contribution >= 4 is 52.1 Å². The molecule has 1 fully saturated rings. The maximum atomic E-state index is 15.7. The first-order chi connectivity index (χ1) is 38.5. The van der Waals surface area contributed by atoms with Crippen LogP contribution in [0.2, 0.25) is 0 Å². The first-order valence-corrected chi connectivity index (χ1v) is 28.7. The van der Waals surface area contributed by atoms with Gasteiger partial charge in [-0.15, -0.1) is 0 Å². The second-order valence-corrected chi connectivity index (χ2v) is 24.6. The maximum Gasteiger partial charge on any atom is 0.251 e. The number of carbonyl (C=O) groups excluding carboxylic acids is 7. The van der Waals surface area contributed by atoms with Gasteiger partial charge in [-0.3, -0.25) is 33.6 Å². The summed E-state index contributed by atoms with van der Waals surface area (Å²) in [5.74, 6) is -2.42. The summed E-state index contributed by atoms with van der Waals surface area (Å²) in [6.07, 6.45) is 2.98. The van der Waals surface area contributed by atoms with Crippen LogP contribution in [0.5, 0.6) is 0 Å². The molecule has 0 bridgehead atoms. The Morgan fingerprint density at radius 2 is 1.20 bits per heavy atom. The SMILES string of the molecule is CNC(C)C(=O)NC(C(=O)N1CC(NC(=O)c2ccc(CN(C(=O)C3Cc4ccccc4CN3C(=O)C(NC(=O)C(C)NC)C(C)(C)C)C(C)c3ccc4ccccc4c3)cc2)CC1C(=O)NC1CCCc2ccccc21)C(C)(C)C. The minimum absolute atomic E-state index is 0.0405. The van der Waals surface area contributed by atoms with Gasteiger partial charge in [-0.05, 0) is 134 Å². The van der Waals surface area contributed by atoms with Crippen LogP contribution in [0.15, 0.2) is 115 Å². The standard InChI is InChI=1S/C65H83N9O7/c1-39(66-10)57(75)70-55(64(4,5)6)62(80)73-37-49-23-15-14-22-48(49)34-54(73)61(79)72(41(3)46-32-31-43-19-12-13-21-47(43)33-46)36-42-27-29-45(30-28-42)59(77)68-50-35-53(60(78)69-52-26-18-24-44-20-16-17-25-51(44)52)74(38-50)63(81)56(65(7,8)9)71-58(76)40(2)67-11/h12-17,19-23,25,27-33,39-41,50,52-56,66-67H,18,24,26,34-38H2,1-11H3,(H,68,77)(H,69,78)(H,70,75)(H,71,76). The van der Waals surface area contributed by atoms with Crippen molar-refractivity contribution < 1.29 is 33.6 Å². The van der Waals surface area contributed by atoms with Crippen molar-refractivity contribution in [2.24, 2.45) is 10.8 Å². The molecule has 9 unspecified atom stereocenters. The quantitative estimate of drug-likeness (QED) is 0.0565. The molecule has 5 aromatic rings. The van der Waals surface area contributed by atoms with Crippen molar-refractivity contribution in [1.29, 1.82) is 0 Å². The fourth-order valence-corrected chi connectivity index (χ4v) is 11.5. The van der Waals surface area contributed by atoms with E-state index in [-0.39, 0.29) is 68.1 Å². The minimum Gasteiger partial charge on any atom is -0.347 e. The molecule has 430 valence electrons. The Morgan fingerprint density at radius 3 is 1.81 bits per heavy atom. The number of hydrogen-bond donors (Lipinski definition) is 6. The normalized spacial score (nSPS) is 19.9. The largest absolute Gasteiger partial charge is 0.347 e. The Morgan fingerprint density at radius 1 is 0.630 bits per heavy atom. The minimum atomic E-state index is -0.971. The van der Waals surface area contributed by atoms with Gasteiger partial charge in [-0.25, -0.2) is 0 Å². The number of hydrogen-bond acceptors (Lipinski definition) is 9. The second kappa shape index (κ2) is 25.2. The fraction of sp³-hybridized carbons (Fsp3) is 0.462. The zero-order valence-electron chi connectivity index (χ0n) is 49.0. The lowest BCUT2D eigenvalue weighted by Crippen LogP contribution is -2.62. The fourth-order valence-electron chi connectivity index (χ4n) is 11.5. The van der Waals surface area contributed by atoms with Gasteiger partial charge in [0.2, 0.25) is 35.4 Å². The van der Waals surface area contributed by atoms with Crippen LogP contribution < -0.4 is 31.9 Å². The van der Waals surface area contributed by atoms with Crippen molar-refractivity contribution in [1.82, 2.24) is 46.6 Å². The van der Waals surface area contributed by atoms with E-state index in [1.165, 1.54) is 10.5 Å². The number of nitrogens with zero attached hydrogens (tertiary/aromatic N) is 3. The van der Waals surface area contributed by atoms with Gasteiger partial charge in [0.1, 0.15) is 24.2 Å². The molecule has 2 aliphatic heterocycles. The Kier molecular flexibility index (Phi) is 18.5. The summed E-state index contributed by atoms with van der Waals surface area (Å²) < 4.78 is 0. The zero-order chi connectivity index (χ0) is 58.5. The molecule has 9 atom stereocenters. The van der Waals surface area contributed by atoms with E-state index >= 15 is 9.59 Å². The van der Waals surface area contributed by atoms with Crippen LogP contribution in [0.25, 0.3) is 10.8 Å². The molecule has 5 aromatic carbocycles. The molecular weight excluding hydrogens is 1020 g/mol. The van der Waals surface area contributed by atoms with Crippen molar-refractivity contribution in [2.45, 2.75) is 162 Å². The van der Waals surface area contributed by atoms with E-state index < -0.39 is 71.0 Å². The summed E-state index contributed by atoms with van der Waals surface area (Å²) in [5, 5.41) is 20.3. The number of likely N-dealkylation sites (tertiary alicyclic amines) is 1. The lowest BCUT2D eigenvalue weighted by Gasteiger charge is -2.43. The molecule has 3 aliphatic rings. The number of likely N-dealkylation sites (N-methyl/N-ethyl adjacent to an activating group) is 2. The summed E-state index contributed by atoms with van der Waals surface area (Å²) in [4.78, 5) is 106. The smallest absolute Gasteiger partial charge is 0.251 e. The number of rotatable bonds is 17. The third kappa shape index (κ3) is 13.7. The van der Waals surface area contributed by atoms with Crippen LogP contribution in [0.4, 0.5) is 0 Å². The molecule has 16 nitrogen and oxygen atoms in total. The van der Waals surface area contributed by atoms with Crippen LogP contribution in [-0.4, -0.2) is 119 Å². The average molecular weight is 1100 g/mol. The van der Waals surface area contributed by atoms with Crippen LogP contribution in [0.3, 0.4) is 0 Å². The number of nitrogens with one attached hydrogen (secondary N) is 6. The highest BCUT2D eigenvalue weighted by Gasteiger charge is 2.47. The molecule has 1 saturated heterocycles.